The van der Waals surface area contributed by atoms with E-state index in [1.165, 1.54) is 6.21 Å². The summed E-state index contributed by atoms with van der Waals surface area (Å²) in [4.78, 5) is 10.2. The highest BCUT2D eigenvalue weighted by molar-refractivity contribution is 5.88. The summed E-state index contributed by atoms with van der Waals surface area (Å²) in [6.07, 6.45) is 4.50. The van der Waals surface area contributed by atoms with E-state index in [4.69, 9.17) is 5.73 Å². The van der Waals surface area contributed by atoms with E-state index in [9.17, 15) is 4.79 Å². The molecule has 0 spiro atoms. The quantitative estimate of drug-likeness (QED) is 0.455. The fraction of sp³-hybridized carbons (Fsp3) is 0.625. The maximum absolute atomic E-state index is 10.2. The van der Waals surface area contributed by atoms with Gasteiger partial charge in [-0.15, -0.1) is 4.67 Å². The van der Waals surface area contributed by atoms with E-state index in [0.717, 1.165) is 6.42 Å². The molecular formula is C8H15N2O+. The molecule has 0 unspecified atom stereocenters. The molecular weight excluding hydrogens is 140 g/mol. The SMILES string of the molecule is CC(C)CC=[N+]=CCC(N)=O. The first kappa shape index (κ1) is 9.92. The van der Waals surface area contributed by atoms with Crippen molar-refractivity contribution >= 4 is 18.3 Å². The molecule has 0 aromatic heterocycles. The summed E-state index contributed by atoms with van der Waals surface area (Å²) < 4.78 is 3.90. The highest BCUT2D eigenvalue weighted by atomic mass is 16.1. The van der Waals surface area contributed by atoms with Crippen molar-refractivity contribution in [2.45, 2.75) is 26.7 Å². The lowest BCUT2D eigenvalue weighted by atomic mass is 10.2. The van der Waals surface area contributed by atoms with E-state index in [-0.39, 0.29) is 12.3 Å². The molecule has 0 rings (SSSR count). The molecule has 2 N–H and O–H groups in total. The maximum Gasteiger partial charge on any atom is 0.278 e. The van der Waals surface area contributed by atoms with Crippen LogP contribution in [0, 0.1) is 5.92 Å². The number of primary amides is 1. The third-order valence-corrected chi connectivity index (χ3v) is 1.08. The highest BCUT2D eigenvalue weighted by Crippen LogP contribution is 1.92. The van der Waals surface area contributed by atoms with Crippen LogP contribution in [-0.4, -0.2) is 18.3 Å². The number of carbonyl (C=O) groups is 1. The van der Waals surface area contributed by atoms with Gasteiger partial charge in [-0.3, -0.25) is 4.79 Å². The van der Waals surface area contributed by atoms with Crippen molar-refractivity contribution < 1.29 is 4.79 Å². The zero-order valence-electron chi connectivity index (χ0n) is 7.08. The van der Waals surface area contributed by atoms with Crippen molar-refractivity contribution in [2.24, 2.45) is 11.7 Å². The molecule has 0 bridgehead atoms. The van der Waals surface area contributed by atoms with E-state index in [1.54, 1.807) is 6.21 Å². The lowest BCUT2D eigenvalue weighted by Gasteiger charge is -1.87. The predicted octanol–water partition coefficient (Wildman–Crippen LogP) is 0.117. The number of rotatable bonds is 4. The first-order valence-corrected chi connectivity index (χ1v) is 3.74. The largest absolute Gasteiger partial charge is 0.369 e. The second kappa shape index (κ2) is 5.69. The molecule has 0 saturated heterocycles. The topological polar surface area (TPSA) is 57.2 Å². The molecule has 0 radical (unpaired) electrons. The van der Waals surface area contributed by atoms with Gasteiger partial charge in [0.2, 0.25) is 5.91 Å². The third-order valence-electron chi connectivity index (χ3n) is 1.08. The van der Waals surface area contributed by atoms with Gasteiger partial charge >= 0.3 is 0 Å². The molecule has 0 aliphatic heterocycles. The Morgan fingerprint density at radius 1 is 1.55 bits per heavy atom. The van der Waals surface area contributed by atoms with Gasteiger partial charge in [-0.1, -0.05) is 13.8 Å². The Hall–Kier alpha value is -1.08. The standard InChI is InChI=1S/C8H14N2O/c1-7(2)3-5-10-6-4-8(9)11/h5-7H,3-4H2,1-2H3,(H-,9,11)/p+1. The van der Waals surface area contributed by atoms with E-state index in [2.05, 4.69) is 18.5 Å². The Balaban J connectivity index is 3.55. The molecule has 0 atom stereocenters. The van der Waals surface area contributed by atoms with E-state index in [1.807, 2.05) is 0 Å². The van der Waals surface area contributed by atoms with Gasteiger partial charge in [0.1, 0.15) is 6.42 Å². The molecule has 0 heterocycles. The van der Waals surface area contributed by atoms with Crippen molar-refractivity contribution in [2.75, 3.05) is 0 Å². The molecule has 3 nitrogen and oxygen atoms in total. The van der Waals surface area contributed by atoms with Crippen molar-refractivity contribution in [3.05, 3.63) is 0 Å². The van der Waals surface area contributed by atoms with Crippen LogP contribution < -0.4 is 10.4 Å². The number of amides is 1. The summed E-state index contributed by atoms with van der Waals surface area (Å²) in [5.41, 5.74) is 4.89. The van der Waals surface area contributed by atoms with Crippen LogP contribution in [0.5, 0.6) is 0 Å². The molecule has 0 aromatic carbocycles. The van der Waals surface area contributed by atoms with Gasteiger partial charge in [0.15, 0.2) is 0 Å². The Labute approximate surface area is 67.0 Å². The lowest BCUT2D eigenvalue weighted by molar-refractivity contribution is -0.116. The van der Waals surface area contributed by atoms with Crippen LogP contribution >= 0.6 is 0 Å². The first-order valence-electron chi connectivity index (χ1n) is 3.74. The Morgan fingerprint density at radius 3 is 2.64 bits per heavy atom. The van der Waals surface area contributed by atoms with Gasteiger partial charge in [0.25, 0.3) is 12.4 Å². The third kappa shape index (κ3) is 8.92. The molecule has 0 saturated carbocycles. The van der Waals surface area contributed by atoms with E-state index < -0.39 is 0 Å². The summed E-state index contributed by atoms with van der Waals surface area (Å²) in [5, 5.41) is 0. The number of hydrogen-bond donors (Lipinski definition) is 1. The van der Waals surface area contributed by atoms with Crippen LogP contribution in [0.15, 0.2) is 0 Å². The zero-order chi connectivity index (χ0) is 8.69. The van der Waals surface area contributed by atoms with Gasteiger partial charge in [-0.25, -0.2) is 0 Å². The van der Waals surface area contributed by atoms with Crippen LogP contribution in [0.1, 0.15) is 26.7 Å². The predicted molar refractivity (Wildman–Crippen MR) is 47.5 cm³/mol. The molecule has 1 amide bonds. The van der Waals surface area contributed by atoms with E-state index in [0.29, 0.717) is 5.92 Å². The Morgan fingerprint density at radius 2 is 2.18 bits per heavy atom. The van der Waals surface area contributed by atoms with Crippen molar-refractivity contribution in [3.8, 4) is 0 Å². The van der Waals surface area contributed by atoms with Crippen LogP contribution in [-0.2, 0) is 4.79 Å². The van der Waals surface area contributed by atoms with Crippen LogP contribution in [0.3, 0.4) is 0 Å². The van der Waals surface area contributed by atoms with Crippen LogP contribution in [0.2, 0.25) is 0 Å². The first-order chi connectivity index (χ1) is 5.13. The fourth-order valence-corrected chi connectivity index (χ4v) is 0.489. The number of carbonyl (C=O) groups excluding carboxylic acids is 1. The molecule has 11 heavy (non-hydrogen) atoms. The highest BCUT2D eigenvalue weighted by Gasteiger charge is 1.94. The van der Waals surface area contributed by atoms with Gasteiger partial charge in [0, 0.05) is 6.42 Å². The van der Waals surface area contributed by atoms with Crippen LogP contribution in [0.4, 0.5) is 0 Å². The van der Waals surface area contributed by atoms with Gasteiger partial charge in [-0.2, -0.15) is 0 Å². The maximum atomic E-state index is 10.2. The minimum absolute atomic E-state index is 0.231. The lowest BCUT2D eigenvalue weighted by Crippen LogP contribution is -2.10. The average molecular weight is 155 g/mol. The molecule has 0 fully saturated rings. The van der Waals surface area contributed by atoms with Crippen LogP contribution in [0.25, 0.3) is 0 Å². The second-order valence-electron chi connectivity index (χ2n) is 2.81. The Kier molecular flexibility index (Phi) is 5.13. The molecule has 0 aliphatic carbocycles. The summed E-state index contributed by atoms with van der Waals surface area (Å²) in [6, 6.07) is 0. The molecule has 62 valence electrons. The van der Waals surface area contributed by atoms with E-state index >= 15 is 0 Å². The van der Waals surface area contributed by atoms with Crippen molar-refractivity contribution in [1.82, 2.24) is 4.67 Å². The Bertz CT molecular complexity index is 179. The smallest absolute Gasteiger partial charge is 0.278 e. The zero-order valence-corrected chi connectivity index (χ0v) is 7.08. The monoisotopic (exact) mass is 155 g/mol. The average Bonchev–Trinajstić information content (AvgIpc) is 1.85. The number of nitrogens with zero attached hydrogens (tertiary/aromatic N) is 1. The second-order valence-corrected chi connectivity index (χ2v) is 2.81. The molecule has 0 aromatic rings. The van der Waals surface area contributed by atoms with Gasteiger partial charge < -0.3 is 5.73 Å². The normalized spacial score (nSPS) is 9.00. The summed E-state index contributed by atoms with van der Waals surface area (Å²) in [7, 11) is 0. The number of hydrogen-bond acceptors (Lipinski definition) is 1. The van der Waals surface area contributed by atoms with Gasteiger partial charge in [0.05, 0.1) is 0 Å². The van der Waals surface area contributed by atoms with Crippen molar-refractivity contribution in [1.29, 1.82) is 0 Å². The minimum atomic E-state index is -0.341. The summed E-state index contributed by atoms with van der Waals surface area (Å²) in [6.45, 7) is 4.22. The molecule has 3 heteroatoms. The number of nitrogens with two attached hydrogens (primary N) is 1. The summed E-state index contributed by atoms with van der Waals surface area (Å²) >= 11 is 0. The fourth-order valence-electron chi connectivity index (χ4n) is 0.489. The van der Waals surface area contributed by atoms with Crippen molar-refractivity contribution in [3.63, 3.8) is 0 Å². The molecule has 0 aliphatic rings. The summed E-state index contributed by atoms with van der Waals surface area (Å²) in [5.74, 6) is 0.271. The van der Waals surface area contributed by atoms with Gasteiger partial charge in [-0.05, 0) is 5.92 Å². The minimum Gasteiger partial charge on any atom is -0.369 e.